The molecule has 1 N–H and O–H groups in total. The van der Waals surface area contributed by atoms with Crippen molar-refractivity contribution in [1.82, 2.24) is 24.6 Å². The molecule has 0 radical (unpaired) electrons. The molecule has 3 aromatic rings. The van der Waals surface area contributed by atoms with Crippen molar-refractivity contribution >= 4 is 11.6 Å². The van der Waals surface area contributed by atoms with Crippen LogP contribution in [0.3, 0.4) is 0 Å². The van der Waals surface area contributed by atoms with Crippen molar-refractivity contribution in [2.24, 2.45) is 0 Å². The Balaban J connectivity index is 1.58. The van der Waals surface area contributed by atoms with Crippen LogP contribution >= 0.6 is 11.6 Å². The first-order chi connectivity index (χ1) is 14.1. The molecule has 1 aliphatic rings. The number of hydrogen-bond acceptors (Lipinski definition) is 4. The number of fused-ring (bicyclic) bond motifs is 1. The van der Waals surface area contributed by atoms with Gasteiger partial charge in [-0.05, 0) is 58.9 Å². The van der Waals surface area contributed by atoms with Crippen molar-refractivity contribution in [1.29, 1.82) is 0 Å². The van der Waals surface area contributed by atoms with Gasteiger partial charge in [-0.1, -0.05) is 11.6 Å². The molecule has 0 bridgehead atoms. The molecule has 3 heterocycles. The molecule has 30 heavy (non-hydrogen) atoms. The van der Waals surface area contributed by atoms with E-state index in [0.717, 1.165) is 42.0 Å². The van der Waals surface area contributed by atoms with Gasteiger partial charge in [0.2, 0.25) is 0 Å². The van der Waals surface area contributed by atoms with Crippen molar-refractivity contribution in [2.45, 2.75) is 59.7 Å². The summed E-state index contributed by atoms with van der Waals surface area (Å²) < 4.78 is 2.10. The molecule has 0 spiro atoms. The van der Waals surface area contributed by atoms with Gasteiger partial charge in [0, 0.05) is 47.9 Å². The lowest BCUT2D eigenvalue weighted by atomic mass is 10.0. The van der Waals surface area contributed by atoms with Gasteiger partial charge in [0.15, 0.2) is 0 Å². The number of benzene rings is 1. The van der Waals surface area contributed by atoms with E-state index in [-0.39, 0.29) is 11.1 Å². The summed E-state index contributed by atoms with van der Waals surface area (Å²) in [6.45, 7) is 12.9. The van der Waals surface area contributed by atoms with Crippen molar-refractivity contribution in [2.75, 3.05) is 6.54 Å². The second kappa shape index (κ2) is 7.67. The fraction of sp³-hybridized carbons (Fsp3) is 0.435. The van der Waals surface area contributed by atoms with Crippen LogP contribution in [0.4, 0.5) is 0 Å². The first-order valence-electron chi connectivity index (χ1n) is 10.3. The summed E-state index contributed by atoms with van der Waals surface area (Å²) >= 11 is 5.97. The Hall–Kier alpha value is -2.44. The third-order valence-electron chi connectivity index (χ3n) is 5.72. The molecular weight excluding hydrogens is 398 g/mol. The summed E-state index contributed by atoms with van der Waals surface area (Å²) in [5.41, 5.74) is 5.89. The van der Waals surface area contributed by atoms with Gasteiger partial charge >= 0.3 is 0 Å². The summed E-state index contributed by atoms with van der Waals surface area (Å²) in [6, 6.07) is 7.36. The first-order valence-corrected chi connectivity index (χ1v) is 10.7. The van der Waals surface area contributed by atoms with Crippen LogP contribution in [0.2, 0.25) is 5.02 Å². The zero-order valence-electron chi connectivity index (χ0n) is 18.2. The molecule has 0 saturated carbocycles. The molecule has 1 aromatic carbocycles. The largest absolute Gasteiger partial charge is 0.306 e. The van der Waals surface area contributed by atoms with Crippen LogP contribution in [0.15, 0.2) is 29.1 Å². The molecule has 0 atom stereocenters. The Morgan fingerprint density at radius 3 is 2.50 bits per heavy atom. The van der Waals surface area contributed by atoms with E-state index in [1.807, 2.05) is 12.1 Å². The lowest BCUT2D eigenvalue weighted by Crippen LogP contribution is -2.35. The summed E-state index contributed by atoms with van der Waals surface area (Å²) in [7, 11) is 0. The molecule has 4 rings (SSSR count). The average molecular weight is 426 g/mol. The van der Waals surface area contributed by atoms with E-state index in [4.69, 9.17) is 21.7 Å². The normalized spacial score (nSPS) is 14.7. The highest BCUT2D eigenvalue weighted by Gasteiger charge is 2.25. The maximum atomic E-state index is 12.8. The predicted molar refractivity (Wildman–Crippen MR) is 120 cm³/mol. The molecule has 0 fully saturated rings. The number of H-pyrrole nitrogens is 1. The second-order valence-electron chi connectivity index (χ2n) is 9.04. The third-order valence-corrected chi connectivity index (χ3v) is 5.98. The zero-order chi connectivity index (χ0) is 21.6. The van der Waals surface area contributed by atoms with Gasteiger partial charge in [0.25, 0.3) is 5.56 Å². The van der Waals surface area contributed by atoms with E-state index in [2.05, 4.69) is 49.2 Å². The van der Waals surface area contributed by atoms with E-state index in [9.17, 15) is 4.79 Å². The van der Waals surface area contributed by atoms with Crippen molar-refractivity contribution in [3.05, 3.63) is 67.9 Å². The van der Waals surface area contributed by atoms with E-state index in [1.165, 1.54) is 11.3 Å². The lowest BCUT2D eigenvalue weighted by molar-refractivity contribution is 0.240. The number of aromatic nitrogens is 4. The highest BCUT2D eigenvalue weighted by Crippen LogP contribution is 2.25. The third kappa shape index (κ3) is 3.94. The quantitative estimate of drug-likeness (QED) is 0.682. The van der Waals surface area contributed by atoms with E-state index >= 15 is 0 Å². The maximum absolute atomic E-state index is 12.8. The average Bonchev–Trinajstić information content (AvgIpc) is 2.97. The molecule has 158 valence electrons. The van der Waals surface area contributed by atoms with Gasteiger partial charge in [-0.2, -0.15) is 5.10 Å². The smallest absolute Gasteiger partial charge is 0.255 e. The van der Waals surface area contributed by atoms with Gasteiger partial charge in [-0.25, -0.2) is 4.98 Å². The summed E-state index contributed by atoms with van der Waals surface area (Å²) in [4.78, 5) is 22.8. The van der Waals surface area contributed by atoms with Crippen molar-refractivity contribution < 1.29 is 0 Å². The summed E-state index contributed by atoms with van der Waals surface area (Å²) in [5, 5.41) is 5.42. The molecule has 1 aliphatic heterocycles. The van der Waals surface area contributed by atoms with Crippen LogP contribution in [0.25, 0.3) is 11.4 Å². The number of aromatic amines is 1. The highest BCUT2D eigenvalue weighted by atomic mass is 35.5. The van der Waals surface area contributed by atoms with Gasteiger partial charge in [0.1, 0.15) is 5.82 Å². The van der Waals surface area contributed by atoms with Gasteiger partial charge in [0.05, 0.1) is 22.5 Å². The Labute approximate surface area is 181 Å². The summed E-state index contributed by atoms with van der Waals surface area (Å²) in [5.74, 6) is 0.599. The minimum atomic E-state index is -0.0616. The maximum Gasteiger partial charge on any atom is 0.255 e. The van der Waals surface area contributed by atoms with Crippen LogP contribution < -0.4 is 5.56 Å². The predicted octanol–water partition coefficient (Wildman–Crippen LogP) is 4.22. The highest BCUT2D eigenvalue weighted by molar-refractivity contribution is 6.30. The molecule has 0 amide bonds. The number of halogens is 1. The molecule has 0 saturated heterocycles. The molecule has 7 heteroatoms. The zero-order valence-corrected chi connectivity index (χ0v) is 19.0. The molecular formula is C23H28ClN5O. The van der Waals surface area contributed by atoms with E-state index in [0.29, 0.717) is 17.4 Å². The molecule has 0 unspecified atom stereocenters. The van der Waals surface area contributed by atoms with E-state index < -0.39 is 0 Å². The van der Waals surface area contributed by atoms with Crippen LogP contribution in [-0.4, -0.2) is 31.2 Å². The second-order valence-corrected chi connectivity index (χ2v) is 9.48. The SMILES string of the molecule is Cc1nn(C(C)(C)C)c(C)c1CN1CCc2nc(-c3ccc(Cl)cc3)[nH]c(=O)c2C1. The fourth-order valence-electron chi connectivity index (χ4n) is 4.14. The standard InChI is InChI=1S/C23H28ClN5O/c1-14-18(15(2)29(27-14)23(3,4)5)12-28-11-10-20-19(13-28)22(30)26-21(25-20)16-6-8-17(24)9-7-16/h6-9H,10-13H2,1-5H3,(H,25,26,30). The number of hydrogen-bond donors (Lipinski definition) is 1. The van der Waals surface area contributed by atoms with Gasteiger partial charge in [-0.15, -0.1) is 0 Å². The monoisotopic (exact) mass is 425 g/mol. The Morgan fingerprint density at radius 2 is 1.87 bits per heavy atom. The summed E-state index contributed by atoms with van der Waals surface area (Å²) in [6.07, 6.45) is 0.755. The number of aryl methyl sites for hydroxylation is 1. The minimum Gasteiger partial charge on any atom is -0.306 e. The van der Waals surface area contributed by atoms with Crippen molar-refractivity contribution in [3.8, 4) is 11.4 Å². The number of nitrogens with zero attached hydrogens (tertiary/aromatic N) is 4. The minimum absolute atomic E-state index is 0.0548. The molecule has 2 aromatic heterocycles. The van der Waals surface area contributed by atoms with Gasteiger partial charge in [-0.3, -0.25) is 14.4 Å². The number of nitrogens with one attached hydrogen (secondary N) is 1. The Morgan fingerprint density at radius 1 is 1.17 bits per heavy atom. The topological polar surface area (TPSA) is 66.8 Å². The molecule has 0 aliphatic carbocycles. The lowest BCUT2D eigenvalue weighted by Gasteiger charge is -2.28. The number of rotatable bonds is 3. The fourth-order valence-corrected chi connectivity index (χ4v) is 4.27. The Kier molecular flexibility index (Phi) is 5.32. The van der Waals surface area contributed by atoms with Crippen LogP contribution in [-0.2, 0) is 25.0 Å². The Bertz CT molecular complexity index is 1140. The molecule has 6 nitrogen and oxygen atoms in total. The van der Waals surface area contributed by atoms with Crippen LogP contribution in [0.5, 0.6) is 0 Å². The van der Waals surface area contributed by atoms with Crippen molar-refractivity contribution in [3.63, 3.8) is 0 Å². The van der Waals surface area contributed by atoms with Crippen LogP contribution in [0.1, 0.15) is 49.0 Å². The van der Waals surface area contributed by atoms with Crippen LogP contribution in [0, 0.1) is 13.8 Å². The van der Waals surface area contributed by atoms with E-state index in [1.54, 1.807) is 12.1 Å². The van der Waals surface area contributed by atoms with Gasteiger partial charge < -0.3 is 4.98 Å². The first kappa shape index (κ1) is 20.8.